The van der Waals surface area contributed by atoms with E-state index in [0.29, 0.717) is 38.6 Å². The molecule has 7 nitrogen and oxygen atoms in total. The van der Waals surface area contributed by atoms with Crippen LogP contribution in [0.5, 0.6) is 11.5 Å². The van der Waals surface area contributed by atoms with E-state index in [1.807, 2.05) is 30.3 Å². The maximum absolute atomic E-state index is 12.7. The molecule has 1 aromatic heterocycles. The molecule has 1 amide bonds. The van der Waals surface area contributed by atoms with Gasteiger partial charge in [0, 0.05) is 6.08 Å². The normalized spacial score (nSPS) is 10.8. The number of nitrogens with one attached hydrogen (secondary N) is 1. The summed E-state index contributed by atoms with van der Waals surface area (Å²) in [5, 5.41) is 2.97. The van der Waals surface area contributed by atoms with Gasteiger partial charge in [0.1, 0.15) is 11.6 Å². The summed E-state index contributed by atoms with van der Waals surface area (Å²) in [4.78, 5) is 37.5. The van der Waals surface area contributed by atoms with Crippen LogP contribution in [0.2, 0.25) is 0 Å². The minimum atomic E-state index is -0.585. The summed E-state index contributed by atoms with van der Waals surface area (Å²) in [6.07, 6.45) is 2.95. The van der Waals surface area contributed by atoms with Gasteiger partial charge in [0.25, 0.3) is 0 Å². The Morgan fingerprint density at radius 3 is 2.50 bits per heavy atom. The predicted molar refractivity (Wildman–Crippen MR) is 144 cm³/mol. The first-order valence-electron chi connectivity index (χ1n) is 11.1. The quantitative estimate of drug-likeness (QED) is 0.171. The van der Waals surface area contributed by atoms with Crippen LogP contribution in [-0.4, -0.2) is 31.4 Å². The fraction of sp³-hybridized carbons (Fsp3) is 0.222. The number of hydrogen-bond donors (Lipinski definition) is 1. The minimum absolute atomic E-state index is 0.179. The monoisotopic (exact) mass is 571 g/mol. The molecule has 0 radical (unpaired) electrons. The highest BCUT2D eigenvalue weighted by Crippen LogP contribution is 2.38. The van der Waals surface area contributed by atoms with Crippen LogP contribution >= 0.6 is 27.3 Å². The Hall–Kier alpha value is -3.43. The lowest BCUT2D eigenvalue weighted by atomic mass is 10.1. The molecule has 188 valence electrons. The van der Waals surface area contributed by atoms with Crippen molar-refractivity contribution in [3.05, 3.63) is 80.1 Å². The van der Waals surface area contributed by atoms with Gasteiger partial charge in [-0.05, 0) is 71.6 Å². The largest absolute Gasteiger partial charge is 0.493 e. The summed E-state index contributed by atoms with van der Waals surface area (Å²) in [6.45, 7) is 5.32. The van der Waals surface area contributed by atoms with Crippen molar-refractivity contribution in [2.45, 2.75) is 27.4 Å². The summed E-state index contributed by atoms with van der Waals surface area (Å²) in [6, 6.07) is 13.3. The summed E-state index contributed by atoms with van der Waals surface area (Å²) >= 11 is 4.57. The smallest absolute Gasteiger partial charge is 0.341 e. The van der Waals surface area contributed by atoms with Crippen LogP contribution in [0.15, 0.2) is 53.0 Å². The van der Waals surface area contributed by atoms with Crippen molar-refractivity contribution < 1.29 is 28.6 Å². The molecule has 2 aromatic carbocycles. The third kappa shape index (κ3) is 6.61. The Kier molecular flexibility index (Phi) is 9.44. The number of carbonyl (C=O) groups excluding carboxylic acids is 3. The van der Waals surface area contributed by atoms with Crippen molar-refractivity contribution in [3.8, 4) is 11.5 Å². The Morgan fingerprint density at radius 2 is 1.86 bits per heavy atom. The Morgan fingerprint density at radius 1 is 1.14 bits per heavy atom. The molecule has 0 aliphatic rings. The van der Waals surface area contributed by atoms with Crippen LogP contribution in [0.3, 0.4) is 0 Å². The van der Waals surface area contributed by atoms with Gasteiger partial charge >= 0.3 is 5.97 Å². The van der Waals surface area contributed by atoms with Gasteiger partial charge in [0.05, 0.1) is 28.6 Å². The first kappa shape index (κ1) is 27.2. The molecular formula is C27H26BrNO6S. The van der Waals surface area contributed by atoms with E-state index in [1.165, 1.54) is 13.0 Å². The molecule has 1 heterocycles. The van der Waals surface area contributed by atoms with Crippen molar-refractivity contribution in [1.82, 2.24) is 0 Å². The molecule has 0 saturated heterocycles. The lowest BCUT2D eigenvalue weighted by Crippen LogP contribution is -2.12. The second-order valence-electron chi connectivity index (χ2n) is 7.67. The van der Waals surface area contributed by atoms with Gasteiger partial charge in [0.2, 0.25) is 5.91 Å². The van der Waals surface area contributed by atoms with Crippen LogP contribution in [-0.2, 0) is 16.1 Å². The highest BCUT2D eigenvalue weighted by atomic mass is 79.9. The highest BCUT2D eigenvalue weighted by molar-refractivity contribution is 9.10. The van der Waals surface area contributed by atoms with Crippen molar-refractivity contribution in [2.24, 2.45) is 0 Å². The first-order valence-corrected chi connectivity index (χ1v) is 12.7. The fourth-order valence-corrected chi connectivity index (χ4v) is 5.09. The van der Waals surface area contributed by atoms with Crippen LogP contribution < -0.4 is 14.8 Å². The Bertz CT molecular complexity index is 1300. The van der Waals surface area contributed by atoms with Crippen LogP contribution in [0, 0.1) is 6.92 Å². The zero-order valence-electron chi connectivity index (χ0n) is 20.3. The summed E-state index contributed by atoms with van der Waals surface area (Å²) in [5.74, 6) is -0.183. The number of benzene rings is 2. The molecule has 0 saturated carbocycles. The predicted octanol–water partition coefficient (Wildman–Crippen LogP) is 6.44. The SMILES string of the molecule is CCOC(=O)c1c(NC(=O)/C=C/c2cc(Br)c(OCc3ccccc3)c(OC)c2)sc(C(C)=O)c1C. The van der Waals surface area contributed by atoms with E-state index in [9.17, 15) is 14.4 Å². The number of anilines is 1. The van der Waals surface area contributed by atoms with E-state index in [0.717, 1.165) is 16.9 Å². The summed E-state index contributed by atoms with van der Waals surface area (Å²) in [7, 11) is 1.54. The molecule has 3 aromatic rings. The maximum Gasteiger partial charge on any atom is 0.341 e. The number of rotatable bonds is 10. The highest BCUT2D eigenvalue weighted by Gasteiger charge is 2.25. The molecule has 0 bridgehead atoms. The number of esters is 1. The lowest BCUT2D eigenvalue weighted by molar-refractivity contribution is -0.111. The van der Waals surface area contributed by atoms with E-state index < -0.39 is 11.9 Å². The van der Waals surface area contributed by atoms with Crippen molar-refractivity contribution in [2.75, 3.05) is 19.0 Å². The summed E-state index contributed by atoms with van der Waals surface area (Å²) < 4.78 is 17.2. The number of methoxy groups -OCH3 is 1. The van der Waals surface area contributed by atoms with Crippen LogP contribution in [0.1, 0.15) is 50.6 Å². The van der Waals surface area contributed by atoms with Crippen molar-refractivity contribution in [1.29, 1.82) is 0 Å². The second-order valence-corrected chi connectivity index (χ2v) is 9.54. The number of thiophene rings is 1. The third-order valence-electron chi connectivity index (χ3n) is 5.09. The molecule has 0 spiro atoms. The minimum Gasteiger partial charge on any atom is -0.493 e. The van der Waals surface area contributed by atoms with Gasteiger partial charge < -0.3 is 19.5 Å². The van der Waals surface area contributed by atoms with E-state index in [2.05, 4.69) is 21.2 Å². The van der Waals surface area contributed by atoms with Gasteiger partial charge in [0.15, 0.2) is 17.3 Å². The molecule has 0 fully saturated rings. The average molecular weight is 572 g/mol. The average Bonchev–Trinajstić information content (AvgIpc) is 3.18. The molecule has 9 heteroatoms. The van der Waals surface area contributed by atoms with Crippen molar-refractivity contribution in [3.63, 3.8) is 0 Å². The topological polar surface area (TPSA) is 90.9 Å². The molecule has 3 rings (SSSR count). The standard InChI is InChI=1S/C27H26BrNO6S/c1-5-34-27(32)23-16(2)25(17(3)30)36-26(23)29-22(31)12-11-19-13-20(28)24(21(14-19)33-4)35-15-18-9-7-6-8-10-18/h6-14H,5,15H2,1-4H3,(H,29,31)/b12-11+. The number of hydrogen-bond acceptors (Lipinski definition) is 7. The van der Waals surface area contributed by atoms with E-state index in [4.69, 9.17) is 14.2 Å². The summed E-state index contributed by atoms with van der Waals surface area (Å²) in [5.41, 5.74) is 2.40. The zero-order chi connectivity index (χ0) is 26.2. The number of ketones is 1. The number of ether oxygens (including phenoxy) is 3. The fourth-order valence-electron chi connectivity index (χ4n) is 3.42. The molecule has 0 aliphatic carbocycles. The molecule has 36 heavy (non-hydrogen) atoms. The van der Waals surface area contributed by atoms with Crippen LogP contribution in [0.4, 0.5) is 5.00 Å². The zero-order valence-corrected chi connectivity index (χ0v) is 22.7. The lowest BCUT2D eigenvalue weighted by Gasteiger charge is -2.13. The Labute approximate surface area is 222 Å². The van der Waals surface area contributed by atoms with E-state index in [1.54, 1.807) is 39.2 Å². The van der Waals surface area contributed by atoms with Gasteiger partial charge in [-0.1, -0.05) is 30.3 Å². The molecule has 0 atom stereocenters. The van der Waals surface area contributed by atoms with Crippen LogP contribution in [0.25, 0.3) is 6.08 Å². The van der Waals surface area contributed by atoms with Gasteiger partial charge in [-0.25, -0.2) is 4.79 Å². The molecule has 1 N–H and O–H groups in total. The molecular weight excluding hydrogens is 546 g/mol. The number of halogens is 1. The Balaban J connectivity index is 1.78. The maximum atomic E-state index is 12.7. The van der Waals surface area contributed by atoms with Crippen molar-refractivity contribution >= 4 is 56.0 Å². The number of carbonyl (C=O) groups is 3. The first-order chi connectivity index (χ1) is 17.2. The van der Waals surface area contributed by atoms with E-state index >= 15 is 0 Å². The molecule has 0 unspecified atom stereocenters. The second kappa shape index (κ2) is 12.5. The van der Waals surface area contributed by atoms with Gasteiger partial charge in [-0.3, -0.25) is 9.59 Å². The van der Waals surface area contributed by atoms with E-state index in [-0.39, 0.29) is 23.0 Å². The van der Waals surface area contributed by atoms with Gasteiger partial charge in [-0.15, -0.1) is 11.3 Å². The molecule has 0 aliphatic heterocycles. The third-order valence-corrected chi connectivity index (χ3v) is 6.98. The van der Waals surface area contributed by atoms with Gasteiger partial charge in [-0.2, -0.15) is 0 Å². The number of Topliss-reactive ketones (excluding diaryl/α,β-unsaturated/α-hetero) is 1. The number of amides is 1.